The van der Waals surface area contributed by atoms with E-state index < -0.39 is 12.4 Å². The maximum atomic E-state index is 12.7. The first-order valence-electron chi connectivity index (χ1n) is 6.97. The van der Waals surface area contributed by atoms with Gasteiger partial charge in [-0.15, -0.1) is 0 Å². The van der Waals surface area contributed by atoms with E-state index in [0.29, 0.717) is 0 Å². The van der Waals surface area contributed by atoms with Crippen molar-refractivity contribution in [3.8, 4) is 17.6 Å². The summed E-state index contributed by atoms with van der Waals surface area (Å²) in [6.07, 6.45) is 2.45. The zero-order chi connectivity index (χ0) is 17.5. The number of ether oxygens (including phenoxy) is 2. The smallest absolute Gasteiger partial charge is 0.387 e. The second-order valence-electron chi connectivity index (χ2n) is 4.46. The summed E-state index contributed by atoms with van der Waals surface area (Å²) in [5, 5.41) is 9.20. The summed E-state index contributed by atoms with van der Waals surface area (Å²) in [5.74, 6) is -0.837. The molecular weight excluding hydrogens is 320 g/mol. The van der Waals surface area contributed by atoms with E-state index in [-0.39, 0.29) is 35.0 Å². The molecule has 24 heavy (non-hydrogen) atoms. The minimum Gasteiger partial charge on any atom is -0.490 e. The van der Waals surface area contributed by atoms with Crippen LogP contribution in [0.15, 0.2) is 46.6 Å². The van der Waals surface area contributed by atoms with Crippen LogP contribution >= 0.6 is 0 Å². The van der Waals surface area contributed by atoms with E-state index in [9.17, 15) is 18.8 Å². The highest BCUT2D eigenvalue weighted by molar-refractivity contribution is 6.12. The number of halogens is 2. The van der Waals surface area contributed by atoms with Gasteiger partial charge in [-0.3, -0.25) is 4.79 Å². The number of ketones is 1. The number of hydrogen-bond acceptors (Lipinski definition) is 5. The number of nitrogens with zero attached hydrogens (tertiary/aromatic N) is 1. The average Bonchev–Trinajstić information content (AvgIpc) is 3.08. The van der Waals surface area contributed by atoms with Crippen molar-refractivity contribution >= 4 is 11.9 Å². The first-order valence-corrected chi connectivity index (χ1v) is 6.97. The molecule has 0 bridgehead atoms. The molecule has 5 nitrogen and oxygen atoms in total. The number of alkyl halides is 2. The molecule has 124 valence electrons. The maximum Gasteiger partial charge on any atom is 0.387 e. The van der Waals surface area contributed by atoms with Gasteiger partial charge in [0.25, 0.3) is 0 Å². The molecule has 0 atom stereocenters. The van der Waals surface area contributed by atoms with Gasteiger partial charge < -0.3 is 13.9 Å². The maximum absolute atomic E-state index is 12.7. The molecule has 1 aromatic heterocycles. The van der Waals surface area contributed by atoms with Crippen molar-refractivity contribution < 1.29 is 27.5 Å². The van der Waals surface area contributed by atoms with Crippen LogP contribution in [0.2, 0.25) is 0 Å². The number of para-hydroxylation sites is 1. The molecule has 1 heterocycles. The number of carbonyl (C=O) groups excluding carboxylic acids is 1. The van der Waals surface area contributed by atoms with E-state index >= 15 is 0 Å². The van der Waals surface area contributed by atoms with E-state index in [0.717, 1.165) is 6.08 Å². The molecule has 2 rings (SSSR count). The van der Waals surface area contributed by atoms with Crippen LogP contribution in [0.1, 0.15) is 23.0 Å². The van der Waals surface area contributed by atoms with Crippen molar-refractivity contribution in [2.24, 2.45) is 0 Å². The third-order valence-electron chi connectivity index (χ3n) is 2.93. The molecule has 0 spiro atoms. The number of allylic oxidation sites excluding steroid dienone is 1. The van der Waals surface area contributed by atoms with Gasteiger partial charge in [0.1, 0.15) is 11.6 Å². The second-order valence-corrected chi connectivity index (χ2v) is 4.46. The zero-order valence-corrected chi connectivity index (χ0v) is 12.7. The summed E-state index contributed by atoms with van der Waals surface area (Å²) < 4.78 is 40.1. The lowest BCUT2D eigenvalue weighted by molar-refractivity contribution is -0.0515. The standard InChI is InChI=1S/C17H13F2NO4/c1-2-22-14-6-3-5-11(16(14)24-17(18)19)9-12(10-20)15(21)13-7-4-8-23-13/h3-9,17H,2H2,1H3/b12-9+. The summed E-state index contributed by atoms with van der Waals surface area (Å²) in [5.41, 5.74) is -0.157. The molecule has 2 aromatic rings. The Kier molecular flexibility index (Phi) is 5.68. The Balaban J connectivity index is 2.47. The first kappa shape index (κ1) is 17.2. The summed E-state index contributed by atoms with van der Waals surface area (Å²) in [6, 6.07) is 9.08. The average molecular weight is 333 g/mol. The Morgan fingerprint density at radius 1 is 1.38 bits per heavy atom. The van der Waals surface area contributed by atoms with Crippen molar-refractivity contribution in [2.45, 2.75) is 13.5 Å². The molecule has 1 aromatic carbocycles. The van der Waals surface area contributed by atoms with Gasteiger partial charge in [0.05, 0.1) is 12.9 Å². The SMILES string of the molecule is CCOc1cccc(/C=C(\C#N)C(=O)c2ccco2)c1OC(F)F. The topological polar surface area (TPSA) is 72.5 Å². The van der Waals surface area contributed by atoms with Crippen LogP contribution in [0.4, 0.5) is 8.78 Å². The van der Waals surface area contributed by atoms with E-state index in [2.05, 4.69) is 4.74 Å². The number of Topliss-reactive ketones (excluding diaryl/α,β-unsaturated/α-hetero) is 1. The normalized spacial score (nSPS) is 11.2. The second kappa shape index (κ2) is 7.92. The predicted molar refractivity (Wildman–Crippen MR) is 80.9 cm³/mol. The van der Waals surface area contributed by atoms with Crippen molar-refractivity contribution in [3.05, 3.63) is 53.5 Å². The van der Waals surface area contributed by atoms with Crippen molar-refractivity contribution in [2.75, 3.05) is 6.61 Å². The largest absolute Gasteiger partial charge is 0.490 e. The summed E-state index contributed by atoms with van der Waals surface area (Å²) >= 11 is 0. The first-order chi connectivity index (χ1) is 11.6. The van der Waals surface area contributed by atoms with Crippen LogP contribution < -0.4 is 9.47 Å². The number of rotatable bonds is 7. The lowest BCUT2D eigenvalue weighted by Gasteiger charge is -2.13. The summed E-state index contributed by atoms with van der Waals surface area (Å²) in [4.78, 5) is 12.2. The van der Waals surface area contributed by atoms with E-state index in [1.807, 2.05) is 0 Å². The van der Waals surface area contributed by atoms with Gasteiger partial charge in [0.2, 0.25) is 5.78 Å². The number of hydrogen-bond donors (Lipinski definition) is 0. The molecule has 0 saturated heterocycles. The molecule has 0 N–H and O–H groups in total. The Morgan fingerprint density at radius 3 is 2.75 bits per heavy atom. The van der Waals surface area contributed by atoms with Crippen LogP contribution in [-0.4, -0.2) is 19.0 Å². The Hall–Kier alpha value is -3.14. The fourth-order valence-electron chi connectivity index (χ4n) is 1.98. The van der Waals surface area contributed by atoms with Gasteiger partial charge in [-0.25, -0.2) is 0 Å². The highest BCUT2D eigenvalue weighted by Crippen LogP contribution is 2.34. The summed E-state index contributed by atoms with van der Waals surface area (Å²) in [7, 11) is 0. The third kappa shape index (κ3) is 3.98. The number of nitriles is 1. The number of furan rings is 1. The van der Waals surface area contributed by atoms with Crippen LogP contribution in [-0.2, 0) is 0 Å². The lowest BCUT2D eigenvalue weighted by Crippen LogP contribution is -2.07. The van der Waals surface area contributed by atoms with E-state index in [4.69, 9.17) is 9.15 Å². The predicted octanol–water partition coefficient (Wildman–Crippen LogP) is 4.07. The molecule has 0 fully saturated rings. The fourth-order valence-corrected chi connectivity index (χ4v) is 1.98. The van der Waals surface area contributed by atoms with Crippen LogP contribution in [0.25, 0.3) is 6.08 Å². The fraction of sp³-hybridized carbons (Fsp3) is 0.176. The van der Waals surface area contributed by atoms with E-state index in [1.165, 1.54) is 30.5 Å². The van der Waals surface area contributed by atoms with Gasteiger partial charge in [-0.05, 0) is 31.2 Å². The highest BCUT2D eigenvalue weighted by atomic mass is 19.3. The van der Waals surface area contributed by atoms with Crippen LogP contribution in [0.5, 0.6) is 11.5 Å². The van der Waals surface area contributed by atoms with Crippen molar-refractivity contribution in [1.29, 1.82) is 5.26 Å². The zero-order valence-electron chi connectivity index (χ0n) is 12.7. The Labute approximate surface area is 136 Å². The number of carbonyl (C=O) groups is 1. The molecule has 0 aliphatic rings. The lowest BCUT2D eigenvalue weighted by atomic mass is 10.1. The van der Waals surface area contributed by atoms with Gasteiger partial charge in [0, 0.05) is 5.56 Å². The molecule has 0 unspecified atom stereocenters. The van der Waals surface area contributed by atoms with E-state index in [1.54, 1.807) is 19.1 Å². The minimum atomic E-state index is -3.08. The monoisotopic (exact) mass is 333 g/mol. The van der Waals surface area contributed by atoms with Crippen LogP contribution in [0.3, 0.4) is 0 Å². The van der Waals surface area contributed by atoms with Gasteiger partial charge in [-0.2, -0.15) is 14.0 Å². The molecule has 0 saturated carbocycles. The highest BCUT2D eigenvalue weighted by Gasteiger charge is 2.19. The van der Waals surface area contributed by atoms with Gasteiger partial charge in [-0.1, -0.05) is 12.1 Å². The molecule has 0 radical (unpaired) electrons. The molecule has 7 heteroatoms. The Morgan fingerprint density at radius 2 is 2.17 bits per heavy atom. The quantitative estimate of drug-likeness (QED) is 0.434. The molecule has 0 aliphatic heterocycles. The molecular formula is C17H13F2NO4. The Bertz CT molecular complexity index is 776. The minimum absolute atomic E-state index is 0.0277. The third-order valence-corrected chi connectivity index (χ3v) is 2.93. The van der Waals surface area contributed by atoms with Crippen molar-refractivity contribution in [3.63, 3.8) is 0 Å². The van der Waals surface area contributed by atoms with Crippen LogP contribution in [0, 0.1) is 11.3 Å². The van der Waals surface area contributed by atoms with Gasteiger partial charge in [0.15, 0.2) is 17.3 Å². The summed E-state index contributed by atoms with van der Waals surface area (Å²) in [6.45, 7) is -1.15. The van der Waals surface area contributed by atoms with Gasteiger partial charge >= 0.3 is 6.61 Å². The van der Waals surface area contributed by atoms with Crippen molar-refractivity contribution in [1.82, 2.24) is 0 Å². The molecule has 0 aliphatic carbocycles. The molecule has 0 amide bonds. The number of benzene rings is 1.